The molecule has 0 aliphatic carbocycles. The lowest BCUT2D eigenvalue weighted by Gasteiger charge is -2.06. The fourth-order valence-electron chi connectivity index (χ4n) is 4.40. The number of nitrogens with zero attached hydrogens (tertiary/aromatic N) is 2. The minimum atomic E-state index is 0. The second-order valence-electron chi connectivity index (χ2n) is 9.70. The summed E-state index contributed by atoms with van der Waals surface area (Å²) in [4.78, 5) is 0. The molecule has 0 fully saturated rings. The van der Waals surface area contributed by atoms with Gasteiger partial charge in [-0.25, -0.2) is 9.13 Å². The average Bonchev–Trinajstić information content (AvgIpc) is 2.84. The predicted octanol–water partition coefficient (Wildman–Crippen LogP) is 0.436. The fourth-order valence-corrected chi connectivity index (χ4v) is 4.40. The molecule has 0 N–H and O–H groups in total. The van der Waals surface area contributed by atoms with Crippen LogP contribution in [0.3, 0.4) is 0 Å². The van der Waals surface area contributed by atoms with E-state index >= 15 is 0 Å². The van der Waals surface area contributed by atoms with Crippen molar-refractivity contribution in [1.82, 2.24) is 0 Å². The number of aromatic nitrogens is 2. The zero-order valence-electron chi connectivity index (χ0n) is 22.0. The fraction of sp³-hybridized carbons (Fsp3) is 0.312. The molecule has 0 atom stereocenters. The standard InChI is InChI=1S/C32H38N2.2BrH/c1-25-17-21-33(23-27(25)3)19-5-7-29-9-13-31(14-10-29)32-15-11-30(12-16-32)8-6-20-34-22-18-26(2)28(4)24-34;;/h9-18,21-24H,5-8,19-20H2,1-4H3;2*1H/q+2;;/p-2. The molecular formula is C32H38Br2N2. The molecule has 0 saturated carbocycles. The van der Waals surface area contributed by atoms with Crippen LogP contribution in [0, 0.1) is 27.7 Å². The molecule has 0 amide bonds. The van der Waals surface area contributed by atoms with E-state index in [0.29, 0.717) is 0 Å². The lowest BCUT2D eigenvalue weighted by Crippen LogP contribution is -3.00. The van der Waals surface area contributed by atoms with Crippen molar-refractivity contribution in [2.24, 2.45) is 0 Å². The third-order valence-electron chi connectivity index (χ3n) is 7.00. The summed E-state index contributed by atoms with van der Waals surface area (Å²) in [6.45, 7) is 10.8. The van der Waals surface area contributed by atoms with Gasteiger partial charge >= 0.3 is 0 Å². The van der Waals surface area contributed by atoms with Crippen LogP contribution in [0.25, 0.3) is 11.1 Å². The van der Waals surface area contributed by atoms with Crippen LogP contribution >= 0.6 is 0 Å². The Balaban J connectivity index is 0.00000228. The van der Waals surface area contributed by atoms with E-state index in [1.807, 2.05) is 0 Å². The Hall–Kier alpha value is -2.30. The highest BCUT2D eigenvalue weighted by molar-refractivity contribution is 5.64. The van der Waals surface area contributed by atoms with Crippen LogP contribution < -0.4 is 43.1 Å². The Morgan fingerprint density at radius 3 is 1.17 bits per heavy atom. The highest BCUT2D eigenvalue weighted by atomic mass is 79.9. The average molecular weight is 610 g/mol. The molecule has 4 aromatic rings. The molecule has 190 valence electrons. The van der Waals surface area contributed by atoms with Gasteiger partial charge in [-0.15, -0.1) is 0 Å². The maximum Gasteiger partial charge on any atom is 0.171 e. The zero-order chi connectivity index (χ0) is 23.9. The first kappa shape index (κ1) is 29.9. The zero-order valence-corrected chi connectivity index (χ0v) is 25.1. The molecule has 0 spiro atoms. The summed E-state index contributed by atoms with van der Waals surface area (Å²) in [6.07, 6.45) is 13.4. The van der Waals surface area contributed by atoms with Gasteiger partial charge in [-0.3, -0.25) is 0 Å². The number of benzene rings is 2. The van der Waals surface area contributed by atoms with Crippen LogP contribution in [0.5, 0.6) is 0 Å². The Morgan fingerprint density at radius 1 is 0.472 bits per heavy atom. The maximum atomic E-state index is 2.30. The van der Waals surface area contributed by atoms with Gasteiger partial charge in [-0.2, -0.15) is 0 Å². The number of halogens is 2. The maximum absolute atomic E-state index is 2.30. The van der Waals surface area contributed by atoms with E-state index in [1.54, 1.807) is 0 Å². The first-order chi connectivity index (χ1) is 16.5. The van der Waals surface area contributed by atoms with Gasteiger partial charge in [0.1, 0.15) is 13.1 Å². The van der Waals surface area contributed by atoms with Crippen molar-refractivity contribution in [3.05, 3.63) is 119 Å². The molecule has 0 radical (unpaired) electrons. The first-order valence-corrected chi connectivity index (χ1v) is 12.6. The largest absolute Gasteiger partial charge is 1.00 e. The molecule has 2 aromatic heterocycles. The normalized spacial score (nSPS) is 10.4. The lowest BCUT2D eigenvalue weighted by molar-refractivity contribution is -0.697. The molecule has 2 heterocycles. The minimum absolute atomic E-state index is 0. The van der Waals surface area contributed by atoms with E-state index in [0.717, 1.165) is 38.8 Å². The van der Waals surface area contributed by atoms with Gasteiger partial charge in [0, 0.05) is 36.1 Å². The summed E-state index contributed by atoms with van der Waals surface area (Å²) in [5.74, 6) is 0. The van der Waals surface area contributed by atoms with Gasteiger partial charge in [-0.05, 0) is 73.9 Å². The Labute approximate surface area is 238 Å². The van der Waals surface area contributed by atoms with E-state index in [4.69, 9.17) is 0 Å². The summed E-state index contributed by atoms with van der Waals surface area (Å²) in [5, 5.41) is 0. The van der Waals surface area contributed by atoms with Crippen molar-refractivity contribution in [2.45, 2.75) is 66.5 Å². The van der Waals surface area contributed by atoms with Gasteiger partial charge in [0.05, 0.1) is 0 Å². The Bertz CT molecular complexity index is 1130. The van der Waals surface area contributed by atoms with Crippen molar-refractivity contribution >= 4 is 0 Å². The molecule has 0 unspecified atom stereocenters. The molecule has 0 aliphatic heterocycles. The third kappa shape index (κ3) is 8.38. The monoisotopic (exact) mass is 608 g/mol. The van der Waals surface area contributed by atoms with Crippen molar-refractivity contribution in [1.29, 1.82) is 0 Å². The van der Waals surface area contributed by atoms with Crippen LogP contribution in [-0.4, -0.2) is 0 Å². The van der Waals surface area contributed by atoms with Crippen molar-refractivity contribution in [3.63, 3.8) is 0 Å². The Kier molecular flexibility index (Phi) is 12.0. The van der Waals surface area contributed by atoms with Crippen LogP contribution in [0.2, 0.25) is 0 Å². The van der Waals surface area contributed by atoms with Crippen LogP contribution in [0.15, 0.2) is 85.5 Å². The smallest absolute Gasteiger partial charge is 0.171 e. The highest BCUT2D eigenvalue weighted by Crippen LogP contribution is 2.21. The van der Waals surface area contributed by atoms with E-state index in [2.05, 4.69) is 122 Å². The van der Waals surface area contributed by atoms with E-state index in [1.165, 1.54) is 44.5 Å². The van der Waals surface area contributed by atoms with Gasteiger partial charge in [0.15, 0.2) is 24.8 Å². The molecular weight excluding hydrogens is 572 g/mol. The van der Waals surface area contributed by atoms with Crippen LogP contribution in [0.1, 0.15) is 46.2 Å². The molecule has 4 rings (SSSR count). The van der Waals surface area contributed by atoms with Gasteiger partial charge < -0.3 is 34.0 Å². The third-order valence-corrected chi connectivity index (χ3v) is 7.00. The second-order valence-corrected chi connectivity index (χ2v) is 9.70. The predicted molar refractivity (Wildman–Crippen MR) is 141 cm³/mol. The van der Waals surface area contributed by atoms with Crippen LogP contribution in [0.4, 0.5) is 0 Å². The number of aryl methyl sites for hydroxylation is 8. The van der Waals surface area contributed by atoms with Crippen LogP contribution in [-0.2, 0) is 25.9 Å². The molecule has 0 aliphatic rings. The first-order valence-electron chi connectivity index (χ1n) is 12.6. The second kappa shape index (κ2) is 14.4. The molecule has 0 saturated heterocycles. The number of rotatable bonds is 9. The molecule has 2 nitrogen and oxygen atoms in total. The number of hydrogen-bond acceptors (Lipinski definition) is 0. The molecule has 36 heavy (non-hydrogen) atoms. The molecule has 4 heteroatoms. The van der Waals surface area contributed by atoms with E-state index in [9.17, 15) is 0 Å². The van der Waals surface area contributed by atoms with Crippen molar-refractivity contribution < 1.29 is 43.1 Å². The molecule has 2 aromatic carbocycles. The summed E-state index contributed by atoms with van der Waals surface area (Å²) < 4.78 is 4.61. The number of pyridine rings is 2. The minimum Gasteiger partial charge on any atom is -1.00 e. The topological polar surface area (TPSA) is 7.76 Å². The Morgan fingerprint density at radius 2 is 0.833 bits per heavy atom. The van der Waals surface area contributed by atoms with E-state index < -0.39 is 0 Å². The molecule has 0 bridgehead atoms. The highest BCUT2D eigenvalue weighted by Gasteiger charge is 2.06. The van der Waals surface area contributed by atoms with E-state index in [-0.39, 0.29) is 34.0 Å². The summed E-state index contributed by atoms with van der Waals surface area (Å²) in [5.41, 5.74) is 10.8. The van der Waals surface area contributed by atoms with Crippen molar-refractivity contribution in [2.75, 3.05) is 0 Å². The summed E-state index contributed by atoms with van der Waals surface area (Å²) in [7, 11) is 0. The summed E-state index contributed by atoms with van der Waals surface area (Å²) >= 11 is 0. The van der Waals surface area contributed by atoms with Gasteiger partial charge in [0.25, 0.3) is 0 Å². The summed E-state index contributed by atoms with van der Waals surface area (Å²) in [6, 6.07) is 22.6. The quantitative estimate of drug-likeness (QED) is 0.243. The van der Waals surface area contributed by atoms with Crippen molar-refractivity contribution in [3.8, 4) is 11.1 Å². The lowest BCUT2D eigenvalue weighted by atomic mass is 10.00. The number of hydrogen-bond donors (Lipinski definition) is 0. The van der Waals surface area contributed by atoms with Gasteiger partial charge in [-0.1, -0.05) is 48.5 Å². The van der Waals surface area contributed by atoms with Gasteiger partial charge in [0.2, 0.25) is 0 Å². The SMILES string of the molecule is Cc1cc[n+](CCCc2ccc(-c3ccc(CCC[n+]4ccc(C)c(C)c4)cc3)cc2)cc1C.[Br-].[Br-].